The standard InChI is InChI=1S/C13H11F2NO/c1-17-12-7-10(15)6-11(16)13(12)8-2-4-9(14)5-3-8/h2-7H,16H2,1H3. The Morgan fingerprint density at radius 3 is 2.24 bits per heavy atom. The summed E-state index contributed by atoms with van der Waals surface area (Å²) in [6, 6.07) is 8.23. The topological polar surface area (TPSA) is 35.2 Å². The maximum absolute atomic E-state index is 13.2. The predicted molar refractivity (Wildman–Crippen MR) is 62.8 cm³/mol. The summed E-state index contributed by atoms with van der Waals surface area (Å²) < 4.78 is 31.1. The van der Waals surface area contributed by atoms with Crippen LogP contribution in [-0.4, -0.2) is 7.11 Å². The Morgan fingerprint density at radius 1 is 1.00 bits per heavy atom. The minimum Gasteiger partial charge on any atom is -0.496 e. The maximum atomic E-state index is 13.2. The normalized spacial score (nSPS) is 10.3. The quantitative estimate of drug-likeness (QED) is 0.811. The fraction of sp³-hybridized carbons (Fsp3) is 0.0769. The molecule has 2 N–H and O–H groups in total. The van der Waals surface area contributed by atoms with E-state index >= 15 is 0 Å². The lowest BCUT2D eigenvalue weighted by Gasteiger charge is -2.11. The Morgan fingerprint density at radius 2 is 1.65 bits per heavy atom. The van der Waals surface area contributed by atoms with Gasteiger partial charge in [-0.1, -0.05) is 12.1 Å². The fourth-order valence-corrected chi connectivity index (χ4v) is 1.69. The van der Waals surface area contributed by atoms with Crippen LogP contribution in [0.5, 0.6) is 5.75 Å². The summed E-state index contributed by atoms with van der Waals surface area (Å²) in [4.78, 5) is 0. The van der Waals surface area contributed by atoms with E-state index in [9.17, 15) is 8.78 Å². The summed E-state index contributed by atoms with van der Waals surface area (Å²) in [5.41, 5.74) is 7.26. The smallest absolute Gasteiger partial charge is 0.131 e. The first-order valence-corrected chi connectivity index (χ1v) is 5.01. The molecule has 0 unspecified atom stereocenters. The molecule has 0 amide bonds. The molecule has 0 bridgehead atoms. The number of halogens is 2. The van der Waals surface area contributed by atoms with Crippen molar-refractivity contribution in [2.45, 2.75) is 0 Å². The van der Waals surface area contributed by atoms with Gasteiger partial charge in [-0.05, 0) is 23.8 Å². The Hall–Kier alpha value is -2.10. The van der Waals surface area contributed by atoms with E-state index in [2.05, 4.69) is 0 Å². The van der Waals surface area contributed by atoms with Crippen molar-refractivity contribution in [2.75, 3.05) is 12.8 Å². The van der Waals surface area contributed by atoms with Crippen LogP contribution in [0.3, 0.4) is 0 Å². The van der Waals surface area contributed by atoms with Crippen LogP contribution in [0.1, 0.15) is 0 Å². The van der Waals surface area contributed by atoms with E-state index < -0.39 is 5.82 Å². The molecule has 0 aliphatic heterocycles. The average molecular weight is 235 g/mol. The van der Waals surface area contributed by atoms with E-state index in [0.29, 0.717) is 16.9 Å². The van der Waals surface area contributed by atoms with Gasteiger partial charge in [0.25, 0.3) is 0 Å². The summed E-state index contributed by atoms with van der Waals surface area (Å²) in [5, 5.41) is 0. The van der Waals surface area contributed by atoms with Crippen molar-refractivity contribution >= 4 is 5.69 Å². The van der Waals surface area contributed by atoms with Gasteiger partial charge in [-0.15, -0.1) is 0 Å². The molecule has 0 atom stereocenters. The van der Waals surface area contributed by atoms with Crippen LogP contribution in [0, 0.1) is 11.6 Å². The molecular weight excluding hydrogens is 224 g/mol. The third kappa shape index (κ3) is 2.20. The first-order valence-electron chi connectivity index (χ1n) is 5.01. The SMILES string of the molecule is COc1cc(F)cc(N)c1-c1ccc(F)cc1. The van der Waals surface area contributed by atoms with Gasteiger partial charge in [-0.25, -0.2) is 8.78 Å². The minimum absolute atomic E-state index is 0.258. The predicted octanol–water partition coefficient (Wildman–Crippen LogP) is 3.22. The van der Waals surface area contributed by atoms with E-state index in [0.717, 1.165) is 0 Å². The summed E-state index contributed by atoms with van der Waals surface area (Å²) in [5.74, 6) is -0.479. The fourth-order valence-electron chi connectivity index (χ4n) is 1.69. The summed E-state index contributed by atoms with van der Waals surface area (Å²) in [6.07, 6.45) is 0. The molecule has 0 aliphatic carbocycles. The molecule has 2 aromatic rings. The third-order valence-corrected chi connectivity index (χ3v) is 2.45. The Labute approximate surface area is 97.6 Å². The van der Waals surface area contributed by atoms with E-state index in [1.165, 1.54) is 31.4 Å². The molecule has 0 aromatic heterocycles. The molecular formula is C13H11F2NO. The lowest BCUT2D eigenvalue weighted by Crippen LogP contribution is -1.96. The Balaban J connectivity index is 2.61. The Kier molecular flexibility index (Phi) is 2.95. The first kappa shape index (κ1) is 11.4. The van der Waals surface area contributed by atoms with E-state index in [1.54, 1.807) is 12.1 Å². The van der Waals surface area contributed by atoms with Crippen molar-refractivity contribution in [3.05, 3.63) is 48.0 Å². The molecule has 2 rings (SSSR count). The number of anilines is 1. The van der Waals surface area contributed by atoms with Crippen molar-refractivity contribution in [3.8, 4) is 16.9 Å². The zero-order valence-corrected chi connectivity index (χ0v) is 9.21. The summed E-state index contributed by atoms with van der Waals surface area (Å²) in [7, 11) is 1.43. The van der Waals surface area contributed by atoms with Crippen LogP contribution in [0.15, 0.2) is 36.4 Å². The maximum Gasteiger partial charge on any atom is 0.131 e. The van der Waals surface area contributed by atoms with Crippen LogP contribution >= 0.6 is 0 Å². The van der Waals surface area contributed by atoms with Gasteiger partial charge in [0, 0.05) is 17.3 Å². The number of nitrogens with two attached hydrogens (primary N) is 1. The number of ether oxygens (including phenoxy) is 1. The lowest BCUT2D eigenvalue weighted by atomic mass is 10.0. The number of hydrogen-bond acceptors (Lipinski definition) is 2. The van der Waals surface area contributed by atoms with Crippen LogP contribution in [0.25, 0.3) is 11.1 Å². The average Bonchev–Trinajstić information content (AvgIpc) is 2.30. The van der Waals surface area contributed by atoms with E-state index in [-0.39, 0.29) is 11.5 Å². The van der Waals surface area contributed by atoms with Gasteiger partial charge < -0.3 is 10.5 Å². The molecule has 0 saturated carbocycles. The van der Waals surface area contributed by atoms with Crippen LogP contribution in [0.2, 0.25) is 0 Å². The van der Waals surface area contributed by atoms with Crippen molar-refractivity contribution in [1.29, 1.82) is 0 Å². The van der Waals surface area contributed by atoms with Gasteiger partial charge in [0.2, 0.25) is 0 Å². The minimum atomic E-state index is -0.467. The molecule has 0 radical (unpaired) electrons. The second-order valence-corrected chi connectivity index (χ2v) is 3.58. The number of nitrogen functional groups attached to an aromatic ring is 1. The highest BCUT2D eigenvalue weighted by Gasteiger charge is 2.11. The monoisotopic (exact) mass is 235 g/mol. The van der Waals surface area contributed by atoms with Crippen molar-refractivity contribution in [2.24, 2.45) is 0 Å². The van der Waals surface area contributed by atoms with Gasteiger partial charge in [-0.3, -0.25) is 0 Å². The second kappa shape index (κ2) is 4.41. The van der Waals surface area contributed by atoms with Crippen LogP contribution in [0.4, 0.5) is 14.5 Å². The second-order valence-electron chi connectivity index (χ2n) is 3.58. The van der Waals surface area contributed by atoms with E-state index in [1.807, 2.05) is 0 Å². The molecule has 2 nitrogen and oxygen atoms in total. The van der Waals surface area contributed by atoms with Crippen molar-refractivity contribution in [1.82, 2.24) is 0 Å². The molecule has 0 heterocycles. The molecule has 88 valence electrons. The lowest BCUT2D eigenvalue weighted by molar-refractivity contribution is 0.413. The van der Waals surface area contributed by atoms with Crippen LogP contribution in [-0.2, 0) is 0 Å². The first-order chi connectivity index (χ1) is 8.11. The van der Waals surface area contributed by atoms with Gasteiger partial charge in [-0.2, -0.15) is 0 Å². The molecule has 0 spiro atoms. The highest BCUT2D eigenvalue weighted by molar-refractivity contribution is 5.81. The number of benzene rings is 2. The van der Waals surface area contributed by atoms with Crippen molar-refractivity contribution in [3.63, 3.8) is 0 Å². The number of hydrogen-bond donors (Lipinski definition) is 1. The zero-order valence-electron chi connectivity index (χ0n) is 9.21. The highest BCUT2D eigenvalue weighted by Crippen LogP contribution is 2.36. The molecule has 0 aliphatic rings. The highest BCUT2D eigenvalue weighted by atomic mass is 19.1. The number of rotatable bonds is 2. The molecule has 17 heavy (non-hydrogen) atoms. The molecule has 2 aromatic carbocycles. The molecule has 0 fully saturated rings. The molecule has 4 heteroatoms. The van der Waals surface area contributed by atoms with Crippen molar-refractivity contribution < 1.29 is 13.5 Å². The van der Waals surface area contributed by atoms with E-state index in [4.69, 9.17) is 10.5 Å². The third-order valence-electron chi connectivity index (χ3n) is 2.45. The molecule has 0 saturated heterocycles. The van der Waals surface area contributed by atoms with Gasteiger partial charge in [0.1, 0.15) is 17.4 Å². The van der Waals surface area contributed by atoms with Gasteiger partial charge in [0.15, 0.2) is 0 Å². The zero-order chi connectivity index (χ0) is 12.4. The summed E-state index contributed by atoms with van der Waals surface area (Å²) >= 11 is 0. The Bertz CT molecular complexity index is 538. The van der Waals surface area contributed by atoms with Crippen LogP contribution < -0.4 is 10.5 Å². The number of methoxy groups -OCH3 is 1. The summed E-state index contributed by atoms with van der Waals surface area (Å²) in [6.45, 7) is 0. The largest absolute Gasteiger partial charge is 0.496 e. The van der Waals surface area contributed by atoms with Gasteiger partial charge in [0.05, 0.1) is 7.11 Å². The van der Waals surface area contributed by atoms with Gasteiger partial charge >= 0.3 is 0 Å².